The first-order valence-electron chi connectivity index (χ1n) is 4.90. The summed E-state index contributed by atoms with van der Waals surface area (Å²) >= 11 is 11.5. The predicted molar refractivity (Wildman–Crippen MR) is 60.9 cm³/mol. The monoisotopic (exact) mass is 264 g/mol. The Hall–Kier alpha value is -0.510. The zero-order valence-corrected chi connectivity index (χ0v) is 10.1. The van der Waals surface area contributed by atoms with Crippen LogP contribution >= 0.6 is 23.2 Å². The fraction of sp³-hybridized carbons (Fsp3) is 0.455. The van der Waals surface area contributed by atoms with E-state index in [0.717, 1.165) is 0 Å². The van der Waals surface area contributed by atoms with Crippen LogP contribution in [-0.4, -0.2) is 24.7 Å². The van der Waals surface area contributed by atoms with Gasteiger partial charge in [-0.2, -0.15) is 0 Å². The molecule has 1 saturated carbocycles. The molecule has 1 aromatic rings. The zero-order chi connectivity index (χ0) is 11.7. The lowest BCUT2D eigenvalue weighted by molar-refractivity contribution is -0.0584. The molecule has 0 amide bonds. The lowest BCUT2D eigenvalue weighted by Crippen LogP contribution is -2.52. The Morgan fingerprint density at radius 1 is 1.44 bits per heavy atom. The molecule has 16 heavy (non-hydrogen) atoms. The Labute approximate surface area is 103 Å². The van der Waals surface area contributed by atoms with Crippen molar-refractivity contribution in [3.05, 3.63) is 29.0 Å². The molecule has 3 unspecified atom stereocenters. The van der Waals surface area contributed by atoms with Crippen LogP contribution < -0.4 is 4.74 Å². The first-order valence-corrected chi connectivity index (χ1v) is 5.72. The number of hydrogen-bond donors (Lipinski definition) is 0. The van der Waals surface area contributed by atoms with E-state index in [1.165, 1.54) is 12.1 Å². The molecular weight excluding hydrogens is 254 g/mol. The summed E-state index contributed by atoms with van der Waals surface area (Å²) in [5.41, 5.74) is 0. The lowest BCUT2D eigenvalue weighted by Gasteiger charge is -2.39. The van der Waals surface area contributed by atoms with Crippen molar-refractivity contribution >= 4 is 23.2 Å². The van der Waals surface area contributed by atoms with Gasteiger partial charge in [0.15, 0.2) is 0 Å². The molecule has 0 N–H and O–H groups in total. The highest BCUT2D eigenvalue weighted by atomic mass is 35.5. The minimum Gasteiger partial charge on any atom is -0.487 e. The molecule has 2 rings (SSSR count). The minimum absolute atomic E-state index is 0.0350. The standard InChI is InChI=1S/C11H11Cl2FO2/c1-15-11-8(13)5-10(11)16-6-2-3-7(12)9(14)4-6/h2-4,8,10-11H,5H2,1H3. The molecule has 1 aromatic carbocycles. The van der Waals surface area contributed by atoms with E-state index in [9.17, 15) is 4.39 Å². The maximum Gasteiger partial charge on any atom is 0.145 e. The van der Waals surface area contributed by atoms with Crippen molar-refractivity contribution in [1.82, 2.24) is 0 Å². The molecule has 1 fully saturated rings. The number of alkyl halides is 1. The largest absolute Gasteiger partial charge is 0.487 e. The topological polar surface area (TPSA) is 18.5 Å². The highest BCUT2D eigenvalue weighted by Gasteiger charge is 2.42. The fourth-order valence-electron chi connectivity index (χ4n) is 1.67. The summed E-state index contributed by atoms with van der Waals surface area (Å²) in [6.45, 7) is 0. The average Bonchev–Trinajstić information content (AvgIpc) is 2.23. The second kappa shape index (κ2) is 4.78. The Kier molecular flexibility index (Phi) is 3.57. The molecule has 2 nitrogen and oxygen atoms in total. The maximum absolute atomic E-state index is 13.1. The molecule has 0 radical (unpaired) electrons. The van der Waals surface area contributed by atoms with E-state index in [2.05, 4.69) is 0 Å². The van der Waals surface area contributed by atoms with Gasteiger partial charge < -0.3 is 9.47 Å². The van der Waals surface area contributed by atoms with Gasteiger partial charge in [-0.25, -0.2) is 4.39 Å². The first-order chi connectivity index (χ1) is 7.61. The molecule has 0 spiro atoms. The second-order valence-electron chi connectivity index (χ2n) is 3.68. The van der Waals surface area contributed by atoms with Crippen molar-refractivity contribution in [1.29, 1.82) is 0 Å². The third-order valence-electron chi connectivity index (χ3n) is 2.63. The zero-order valence-electron chi connectivity index (χ0n) is 8.62. The van der Waals surface area contributed by atoms with Gasteiger partial charge in [0.1, 0.15) is 23.8 Å². The Morgan fingerprint density at radius 3 is 2.75 bits per heavy atom. The molecule has 3 atom stereocenters. The average molecular weight is 265 g/mol. The van der Waals surface area contributed by atoms with E-state index in [-0.39, 0.29) is 22.6 Å². The molecule has 88 valence electrons. The maximum atomic E-state index is 13.1. The molecule has 0 aromatic heterocycles. The van der Waals surface area contributed by atoms with Gasteiger partial charge in [0, 0.05) is 19.6 Å². The first kappa shape index (κ1) is 12.0. The normalized spacial score (nSPS) is 28.6. The number of benzene rings is 1. The fourth-order valence-corrected chi connectivity index (χ4v) is 2.23. The van der Waals surface area contributed by atoms with Crippen LogP contribution in [0.4, 0.5) is 4.39 Å². The quantitative estimate of drug-likeness (QED) is 0.781. The van der Waals surface area contributed by atoms with Crippen molar-refractivity contribution in [2.75, 3.05) is 7.11 Å². The highest BCUT2D eigenvalue weighted by molar-refractivity contribution is 6.30. The van der Waals surface area contributed by atoms with Crippen molar-refractivity contribution < 1.29 is 13.9 Å². The van der Waals surface area contributed by atoms with E-state index in [1.54, 1.807) is 13.2 Å². The van der Waals surface area contributed by atoms with Crippen molar-refractivity contribution in [2.45, 2.75) is 24.0 Å². The van der Waals surface area contributed by atoms with Gasteiger partial charge in [-0.3, -0.25) is 0 Å². The summed E-state index contributed by atoms with van der Waals surface area (Å²) in [6, 6.07) is 4.35. The van der Waals surface area contributed by atoms with Gasteiger partial charge in [-0.1, -0.05) is 11.6 Å². The van der Waals surface area contributed by atoms with E-state index >= 15 is 0 Å². The number of ether oxygens (including phenoxy) is 2. The number of rotatable bonds is 3. The minimum atomic E-state index is -0.491. The van der Waals surface area contributed by atoms with Crippen molar-refractivity contribution in [2.24, 2.45) is 0 Å². The summed E-state index contributed by atoms with van der Waals surface area (Å²) in [5.74, 6) is -0.0487. The molecule has 0 bridgehead atoms. The third-order valence-corrected chi connectivity index (χ3v) is 3.36. The van der Waals surface area contributed by atoms with Gasteiger partial charge in [0.2, 0.25) is 0 Å². The van der Waals surface area contributed by atoms with E-state index in [1.807, 2.05) is 0 Å². The Morgan fingerprint density at radius 2 is 2.19 bits per heavy atom. The van der Waals surface area contributed by atoms with Crippen LogP contribution in [0.15, 0.2) is 18.2 Å². The number of halogens is 3. The Balaban J connectivity index is 2.02. The van der Waals surface area contributed by atoms with Crippen molar-refractivity contribution in [3.8, 4) is 5.75 Å². The predicted octanol–water partition coefficient (Wildman–Crippen LogP) is 3.25. The van der Waals surface area contributed by atoms with Crippen LogP contribution in [0.1, 0.15) is 6.42 Å². The van der Waals surface area contributed by atoms with Crippen LogP contribution in [0.2, 0.25) is 5.02 Å². The lowest BCUT2D eigenvalue weighted by atomic mass is 9.91. The third kappa shape index (κ3) is 2.26. The van der Waals surface area contributed by atoms with Crippen molar-refractivity contribution in [3.63, 3.8) is 0 Å². The van der Waals surface area contributed by atoms with Crippen LogP contribution in [0.3, 0.4) is 0 Å². The summed E-state index contributed by atoms with van der Waals surface area (Å²) in [4.78, 5) is 0. The molecule has 5 heteroatoms. The van der Waals surface area contributed by atoms with Crippen LogP contribution in [0, 0.1) is 5.82 Å². The van der Waals surface area contributed by atoms with Crippen LogP contribution in [0.25, 0.3) is 0 Å². The number of hydrogen-bond acceptors (Lipinski definition) is 2. The molecule has 1 aliphatic carbocycles. The summed E-state index contributed by atoms with van der Waals surface area (Å²) in [7, 11) is 1.58. The van der Waals surface area contributed by atoms with Gasteiger partial charge in [-0.05, 0) is 12.1 Å². The summed E-state index contributed by atoms with van der Waals surface area (Å²) in [5, 5.41) is 0.0478. The summed E-state index contributed by atoms with van der Waals surface area (Å²) in [6.07, 6.45) is 0.443. The van der Waals surface area contributed by atoms with Crippen LogP contribution in [-0.2, 0) is 4.74 Å². The molecule has 0 aliphatic heterocycles. The van der Waals surface area contributed by atoms with E-state index in [4.69, 9.17) is 32.7 Å². The van der Waals surface area contributed by atoms with Gasteiger partial charge in [0.25, 0.3) is 0 Å². The van der Waals surface area contributed by atoms with Gasteiger partial charge >= 0.3 is 0 Å². The van der Waals surface area contributed by atoms with E-state index in [0.29, 0.717) is 12.2 Å². The SMILES string of the molecule is COC1C(Cl)CC1Oc1ccc(Cl)c(F)c1. The van der Waals surface area contributed by atoms with Gasteiger partial charge in [-0.15, -0.1) is 11.6 Å². The smallest absolute Gasteiger partial charge is 0.145 e. The van der Waals surface area contributed by atoms with E-state index < -0.39 is 5.82 Å². The Bertz CT molecular complexity index is 386. The molecular formula is C11H11Cl2FO2. The van der Waals surface area contributed by atoms with Gasteiger partial charge in [0.05, 0.1) is 10.4 Å². The molecule has 0 heterocycles. The molecule has 1 aliphatic rings. The van der Waals surface area contributed by atoms with Crippen LogP contribution in [0.5, 0.6) is 5.75 Å². The summed E-state index contributed by atoms with van der Waals surface area (Å²) < 4.78 is 23.9. The second-order valence-corrected chi connectivity index (χ2v) is 4.65. The highest BCUT2D eigenvalue weighted by Crippen LogP contribution is 2.33. The number of methoxy groups -OCH3 is 1. The molecule has 0 saturated heterocycles.